The molecule has 0 saturated carbocycles. The van der Waals surface area contributed by atoms with E-state index in [-0.39, 0.29) is 5.56 Å². The Kier molecular flexibility index (Phi) is 3.65. The number of aromatic nitrogens is 3. The van der Waals surface area contributed by atoms with Crippen LogP contribution in [0.3, 0.4) is 0 Å². The van der Waals surface area contributed by atoms with Gasteiger partial charge in [-0.05, 0) is 43.0 Å². The number of H-pyrrole nitrogens is 1. The SMILES string of the molecule is O=c1[nH]c(CN2CCCC2c2nc3ccccc3s2)nc2ccsc12. The standard InChI is InChI=1S/C18H16N4OS2/c23-17-16-12(7-9-24-16)19-15(21-17)10-22-8-3-5-13(22)18-20-11-4-1-2-6-14(11)25-18/h1-2,4,6-7,9,13H,3,5,8,10H2,(H,19,21,23). The molecule has 1 fully saturated rings. The fourth-order valence-electron chi connectivity index (χ4n) is 3.52. The zero-order chi connectivity index (χ0) is 16.8. The van der Waals surface area contributed by atoms with Gasteiger partial charge in [-0.2, -0.15) is 0 Å². The van der Waals surface area contributed by atoms with Crippen LogP contribution < -0.4 is 5.56 Å². The molecule has 25 heavy (non-hydrogen) atoms. The van der Waals surface area contributed by atoms with Crippen molar-refractivity contribution in [3.63, 3.8) is 0 Å². The van der Waals surface area contributed by atoms with Gasteiger partial charge in [-0.1, -0.05) is 12.1 Å². The molecule has 4 heterocycles. The lowest BCUT2D eigenvalue weighted by atomic mass is 10.2. The van der Waals surface area contributed by atoms with Crippen LogP contribution in [-0.2, 0) is 6.54 Å². The fourth-order valence-corrected chi connectivity index (χ4v) is 5.38. The number of likely N-dealkylation sites (tertiary alicyclic amines) is 1. The first-order chi connectivity index (χ1) is 12.3. The van der Waals surface area contributed by atoms with E-state index >= 15 is 0 Å². The summed E-state index contributed by atoms with van der Waals surface area (Å²) in [6, 6.07) is 10.5. The van der Waals surface area contributed by atoms with Crippen LogP contribution in [0, 0.1) is 0 Å². The van der Waals surface area contributed by atoms with Crippen molar-refractivity contribution in [2.75, 3.05) is 6.54 Å². The maximum Gasteiger partial charge on any atom is 0.268 e. The summed E-state index contributed by atoms with van der Waals surface area (Å²) in [6.07, 6.45) is 2.25. The molecule has 126 valence electrons. The minimum atomic E-state index is -0.0364. The molecular formula is C18H16N4OS2. The summed E-state index contributed by atoms with van der Waals surface area (Å²) in [7, 11) is 0. The smallest absolute Gasteiger partial charge is 0.268 e. The largest absolute Gasteiger partial charge is 0.308 e. The van der Waals surface area contributed by atoms with Crippen molar-refractivity contribution in [2.45, 2.75) is 25.4 Å². The Balaban J connectivity index is 1.46. The Morgan fingerprint density at radius 1 is 1.20 bits per heavy atom. The fraction of sp³-hybridized carbons (Fsp3) is 0.278. The second-order valence-corrected chi connectivity index (χ2v) is 8.27. The number of rotatable bonds is 3. The van der Waals surface area contributed by atoms with Gasteiger partial charge in [-0.25, -0.2) is 9.97 Å². The van der Waals surface area contributed by atoms with Crippen molar-refractivity contribution in [1.82, 2.24) is 19.9 Å². The van der Waals surface area contributed by atoms with Crippen LogP contribution in [0.25, 0.3) is 20.4 Å². The molecule has 1 aromatic carbocycles. The van der Waals surface area contributed by atoms with E-state index in [0.29, 0.717) is 17.3 Å². The Morgan fingerprint density at radius 3 is 3.04 bits per heavy atom. The Bertz CT molecular complexity index is 1080. The van der Waals surface area contributed by atoms with E-state index in [9.17, 15) is 4.79 Å². The summed E-state index contributed by atoms with van der Waals surface area (Å²) in [6.45, 7) is 1.66. The Morgan fingerprint density at radius 2 is 2.12 bits per heavy atom. The van der Waals surface area contributed by atoms with Gasteiger partial charge >= 0.3 is 0 Å². The molecule has 7 heteroatoms. The molecule has 1 unspecified atom stereocenters. The average Bonchev–Trinajstić information content (AvgIpc) is 3.33. The van der Waals surface area contributed by atoms with Crippen molar-refractivity contribution in [3.8, 4) is 0 Å². The van der Waals surface area contributed by atoms with E-state index in [4.69, 9.17) is 4.98 Å². The number of fused-ring (bicyclic) bond motifs is 2. The number of aromatic amines is 1. The molecule has 0 radical (unpaired) electrons. The molecule has 0 spiro atoms. The van der Waals surface area contributed by atoms with E-state index in [0.717, 1.165) is 41.3 Å². The highest BCUT2D eigenvalue weighted by atomic mass is 32.1. The summed E-state index contributed by atoms with van der Waals surface area (Å²) < 4.78 is 1.93. The number of para-hydroxylation sites is 1. The molecule has 1 N–H and O–H groups in total. The molecule has 0 amide bonds. The van der Waals surface area contributed by atoms with Gasteiger partial charge in [0.15, 0.2) is 0 Å². The molecule has 1 aliphatic rings. The molecule has 5 rings (SSSR count). The van der Waals surface area contributed by atoms with Gasteiger partial charge in [-0.15, -0.1) is 22.7 Å². The van der Waals surface area contributed by atoms with E-state index in [1.54, 1.807) is 11.3 Å². The molecule has 0 bridgehead atoms. The monoisotopic (exact) mass is 368 g/mol. The topological polar surface area (TPSA) is 61.9 Å². The molecule has 5 nitrogen and oxygen atoms in total. The quantitative estimate of drug-likeness (QED) is 0.595. The zero-order valence-corrected chi connectivity index (χ0v) is 15.1. The second-order valence-electron chi connectivity index (χ2n) is 6.30. The van der Waals surface area contributed by atoms with E-state index < -0.39 is 0 Å². The van der Waals surface area contributed by atoms with Gasteiger partial charge in [0.25, 0.3) is 5.56 Å². The Labute approximate surface area is 152 Å². The van der Waals surface area contributed by atoms with Gasteiger partial charge in [0, 0.05) is 0 Å². The van der Waals surface area contributed by atoms with Crippen molar-refractivity contribution in [1.29, 1.82) is 0 Å². The maximum absolute atomic E-state index is 12.2. The predicted octanol–water partition coefficient (Wildman–Crippen LogP) is 3.93. The lowest BCUT2D eigenvalue weighted by Crippen LogP contribution is -2.25. The highest BCUT2D eigenvalue weighted by molar-refractivity contribution is 7.18. The van der Waals surface area contributed by atoms with Gasteiger partial charge in [-0.3, -0.25) is 9.69 Å². The summed E-state index contributed by atoms with van der Waals surface area (Å²) in [5.41, 5.74) is 1.82. The number of hydrogen-bond donors (Lipinski definition) is 1. The van der Waals surface area contributed by atoms with Crippen LogP contribution in [0.2, 0.25) is 0 Å². The van der Waals surface area contributed by atoms with Gasteiger partial charge in [0.2, 0.25) is 0 Å². The molecule has 1 aliphatic heterocycles. The first-order valence-corrected chi connectivity index (χ1v) is 10.0. The van der Waals surface area contributed by atoms with Gasteiger partial charge in [0.05, 0.1) is 28.3 Å². The van der Waals surface area contributed by atoms with Crippen molar-refractivity contribution >= 4 is 43.1 Å². The molecule has 1 saturated heterocycles. The zero-order valence-electron chi connectivity index (χ0n) is 13.4. The average molecular weight is 368 g/mol. The third-order valence-electron chi connectivity index (χ3n) is 4.68. The number of nitrogens with zero attached hydrogens (tertiary/aromatic N) is 3. The van der Waals surface area contributed by atoms with Gasteiger partial charge in [0.1, 0.15) is 15.5 Å². The summed E-state index contributed by atoms with van der Waals surface area (Å²) in [5, 5.41) is 3.08. The minimum absolute atomic E-state index is 0.0364. The van der Waals surface area contributed by atoms with Crippen LogP contribution in [0.4, 0.5) is 0 Å². The molecule has 1 atom stereocenters. The van der Waals surface area contributed by atoms with E-state index in [2.05, 4.69) is 33.1 Å². The Hall–Kier alpha value is -2.09. The number of nitrogens with one attached hydrogen (secondary N) is 1. The molecule has 3 aromatic heterocycles. The third kappa shape index (κ3) is 2.68. The van der Waals surface area contributed by atoms with Crippen LogP contribution in [-0.4, -0.2) is 26.4 Å². The summed E-state index contributed by atoms with van der Waals surface area (Å²) >= 11 is 3.21. The second kappa shape index (κ2) is 6.01. The van der Waals surface area contributed by atoms with E-state index in [1.165, 1.54) is 16.0 Å². The minimum Gasteiger partial charge on any atom is -0.308 e. The maximum atomic E-state index is 12.2. The lowest BCUT2D eigenvalue weighted by molar-refractivity contribution is 0.242. The highest BCUT2D eigenvalue weighted by Crippen LogP contribution is 2.36. The van der Waals surface area contributed by atoms with Crippen LogP contribution in [0.15, 0.2) is 40.5 Å². The molecule has 4 aromatic rings. The van der Waals surface area contributed by atoms with Crippen molar-refractivity contribution < 1.29 is 0 Å². The van der Waals surface area contributed by atoms with Crippen LogP contribution in [0.1, 0.15) is 29.7 Å². The van der Waals surface area contributed by atoms with Crippen molar-refractivity contribution in [2.24, 2.45) is 0 Å². The number of benzene rings is 1. The number of thiazole rings is 1. The predicted molar refractivity (Wildman–Crippen MR) is 102 cm³/mol. The van der Waals surface area contributed by atoms with Crippen molar-refractivity contribution in [3.05, 3.63) is 56.9 Å². The van der Waals surface area contributed by atoms with Crippen LogP contribution in [0.5, 0.6) is 0 Å². The first-order valence-electron chi connectivity index (χ1n) is 8.34. The molecular weight excluding hydrogens is 352 g/mol. The van der Waals surface area contributed by atoms with Crippen LogP contribution >= 0.6 is 22.7 Å². The first kappa shape index (κ1) is 15.2. The normalized spacial score (nSPS) is 18.5. The summed E-state index contributed by atoms with van der Waals surface area (Å²) in [5.74, 6) is 0.740. The molecule has 0 aliphatic carbocycles. The third-order valence-corrected chi connectivity index (χ3v) is 6.72. The number of hydrogen-bond acceptors (Lipinski definition) is 6. The van der Waals surface area contributed by atoms with Gasteiger partial charge < -0.3 is 4.98 Å². The summed E-state index contributed by atoms with van der Waals surface area (Å²) in [4.78, 5) is 27.0. The van der Waals surface area contributed by atoms with E-state index in [1.807, 2.05) is 17.5 Å². The highest BCUT2D eigenvalue weighted by Gasteiger charge is 2.29. The number of thiophene rings is 1. The lowest BCUT2D eigenvalue weighted by Gasteiger charge is -2.21.